The highest BCUT2D eigenvalue weighted by Gasteiger charge is 2.36. The van der Waals surface area contributed by atoms with E-state index in [2.05, 4.69) is 19.2 Å². The van der Waals surface area contributed by atoms with E-state index in [4.69, 9.17) is 10.5 Å². The smallest absolute Gasteiger partial charge is 0.223 e. The second-order valence-corrected chi connectivity index (χ2v) is 6.36. The van der Waals surface area contributed by atoms with Crippen LogP contribution in [0.25, 0.3) is 0 Å². The van der Waals surface area contributed by atoms with Crippen LogP contribution in [0.1, 0.15) is 46.0 Å². The van der Waals surface area contributed by atoms with E-state index in [1.54, 1.807) is 0 Å². The van der Waals surface area contributed by atoms with Crippen molar-refractivity contribution in [1.29, 1.82) is 0 Å². The highest BCUT2D eigenvalue weighted by Crippen LogP contribution is 2.30. The summed E-state index contributed by atoms with van der Waals surface area (Å²) in [6.07, 6.45) is 4.96. The van der Waals surface area contributed by atoms with E-state index in [0.717, 1.165) is 38.7 Å². The molecular formula is C14H26N2O2. The van der Waals surface area contributed by atoms with Gasteiger partial charge in [0.1, 0.15) is 0 Å². The number of hydrogen-bond donors (Lipinski definition) is 2. The molecule has 0 aromatic rings. The number of nitrogens with one attached hydrogen (secondary N) is 1. The van der Waals surface area contributed by atoms with Gasteiger partial charge in [-0.15, -0.1) is 0 Å². The predicted octanol–water partition coefficient (Wildman–Crippen LogP) is 1.44. The van der Waals surface area contributed by atoms with Crippen LogP contribution in [0.4, 0.5) is 0 Å². The van der Waals surface area contributed by atoms with Gasteiger partial charge in [0.15, 0.2) is 0 Å². The monoisotopic (exact) mass is 254 g/mol. The molecule has 104 valence electrons. The number of carbonyl (C=O) groups excluding carboxylic acids is 1. The first-order chi connectivity index (χ1) is 8.50. The zero-order valence-electron chi connectivity index (χ0n) is 11.6. The summed E-state index contributed by atoms with van der Waals surface area (Å²) in [4.78, 5) is 12.4. The van der Waals surface area contributed by atoms with Gasteiger partial charge in [-0.3, -0.25) is 4.79 Å². The third-order valence-electron chi connectivity index (χ3n) is 4.44. The molecule has 4 heteroatoms. The Labute approximate surface area is 110 Å². The van der Waals surface area contributed by atoms with Crippen LogP contribution in [0.5, 0.6) is 0 Å². The maximum atomic E-state index is 12.4. The molecule has 2 rings (SSSR count). The molecule has 3 N–H and O–H groups in total. The molecule has 2 fully saturated rings. The van der Waals surface area contributed by atoms with Crippen molar-refractivity contribution in [3.8, 4) is 0 Å². The molecule has 4 atom stereocenters. The van der Waals surface area contributed by atoms with Gasteiger partial charge >= 0.3 is 0 Å². The number of hydrogen-bond acceptors (Lipinski definition) is 3. The Hall–Kier alpha value is -0.610. The van der Waals surface area contributed by atoms with E-state index < -0.39 is 0 Å². The van der Waals surface area contributed by atoms with Crippen LogP contribution in [0.2, 0.25) is 0 Å². The zero-order valence-corrected chi connectivity index (χ0v) is 11.6. The minimum Gasteiger partial charge on any atom is -0.379 e. The van der Waals surface area contributed by atoms with Crippen LogP contribution in [-0.2, 0) is 9.53 Å². The van der Waals surface area contributed by atoms with Crippen molar-refractivity contribution in [3.63, 3.8) is 0 Å². The first kappa shape index (κ1) is 13.8. The molecule has 0 spiro atoms. The van der Waals surface area contributed by atoms with Gasteiger partial charge in [0.25, 0.3) is 0 Å². The van der Waals surface area contributed by atoms with E-state index in [1.807, 2.05) is 0 Å². The summed E-state index contributed by atoms with van der Waals surface area (Å²) in [6.45, 7) is 5.69. The van der Waals surface area contributed by atoms with Crippen LogP contribution in [0.3, 0.4) is 0 Å². The van der Waals surface area contributed by atoms with Gasteiger partial charge in [0.2, 0.25) is 5.91 Å². The predicted molar refractivity (Wildman–Crippen MR) is 71.1 cm³/mol. The SMILES string of the molecule is CC1CCC(N)CC1C(=O)NC1(C)CCCOC1. The largest absolute Gasteiger partial charge is 0.379 e. The van der Waals surface area contributed by atoms with Crippen molar-refractivity contribution >= 4 is 5.91 Å². The zero-order chi connectivity index (χ0) is 13.2. The molecule has 0 aromatic heterocycles. The number of ether oxygens (including phenoxy) is 1. The molecule has 0 radical (unpaired) electrons. The average molecular weight is 254 g/mol. The number of nitrogens with two attached hydrogens (primary N) is 1. The lowest BCUT2D eigenvalue weighted by Gasteiger charge is -2.38. The Morgan fingerprint density at radius 3 is 2.89 bits per heavy atom. The molecule has 1 saturated carbocycles. The van der Waals surface area contributed by atoms with Crippen molar-refractivity contribution in [1.82, 2.24) is 5.32 Å². The van der Waals surface area contributed by atoms with Crippen molar-refractivity contribution in [3.05, 3.63) is 0 Å². The molecule has 4 nitrogen and oxygen atoms in total. The highest BCUT2D eigenvalue weighted by atomic mass is 16.5. The van der Waals surface area contributed by atoms with Crippen molar-refractivity contribution in [2.45, 2.75) is 57.5 Å². The van der Waals surface area contributed by atoms with Gasteiger partial charge < -0.3 is 15.8 Å². The maximum absolute atomic E-state index is 12.4. The fourth-order valence-electron chi connectivity index (χ4n) is 3.14. The number of carbonyl (C=O) groups is 1. The molecule has 18 heavy (non-hydrogen) atoms. The summed E-state index contributed by atoms with van der Waals surface area (Å²) in [5.41, 5.74) is 5.80. The van der Waals surface area contributed by atoms with E-state index in [1.165, 1.54) is 0 Å². The summed E-state index contributed by atoms with van der Waals surface area (Å²) in [7, 11) is 0. The molecule has 2 aliphatic rings. The van der Waals surface area contributed by atoms with Crippen molar-refractivity contribution in [2.75, 3.05) is 13.2 Å². The normalized spacial score (nSPS) is 41.4. The number of amides is 1. The maximum Gasteiger partial charge on any atom is 0.223 e. The third-order valence-corrected chi connectivity index (χ3v) is 4.44. The molecule has 4 unspecified atom stereocenters. The van der Waals surface area contributed by atoms with E-state index >= 15 is 0 Å². The molecule has 1 amide bonds. The van der Waals surface area contributed by atoms with Crippen molar-refractivity contribution in [2.24, 2.45) is 17.6 Å². The van der Waals surface area contributed by atoms with Crippen LogP contribution in [0.15, 0.2) is 0 Å². The summed E-state index contributed by atoms with van der Waals surface area (Å²) in [5, 5.41) is 3.20. The topological polar surface area (TPSA) is 64.4 Å². The van der Waals surface area contributed by atoms with Crippen LogP contribution >= 0.6 is 0 Å². The fraction of sp³-hybridized carbons (Fsp3) is 0.929. The lowest BCUT2D eigenvalue weighted by atomic mass is 9.77. The number of rotatable bonds is 2. The summed E-state index contributed by atoms with van der Waals surface area (Å²) < 4.78 is 5.48. The summed E-state index contributed by atoms with van der Waals surface area (Å²) in [5.74, 6) is 0.691. The van der Waals surface area contributed by atoms with Gasteiger partial charge in [0.05, 0.1) is 12.1 Å². The van der Waals surface area contributed by atoms with Crippen LogP contribution < -0.4 is 11.1 Å². The van der Waals surface area contributed by atoms with Gasteiger partial charge in [-0.1, -0.05) is 6.92 Å². The van der Waals surface area contributed by atoms with Crippen LogP contribution in [-0.4, -0.2) is 30.7 Å². The summed E-state index contributed by atoms with van der Waals surface area (Å²) >= 11 is 0. The second-order valence-electron chi connectivity index (χ2n) is 6.36. The lowest BCUT2D eigenvalue weighted by Crippen LogP contribution is -2.54. The Morgan fingerprint density at radius 2 is 2.22 bits per heavy atom. The molecule has 1 aliphatic carbocycles. The van der Waals surface area contributed by atoms with Gasteiger partial charge in [-0.2, -0.15) is 0 Å². The van der Waals surface area contributed by atoms with Crippen LogP contribution in [0, 0.1) is 11.8 Å². The Balaban J connectivity index is 1.93. The van der Waals surface area contributed by atoms with Gasteiger partial charge in [0, 0.05) is 18.6 Å². The first-order valence-electron chi connectivity index (χ1n) is 7.15. The molecule has 0 aromatic carbocycles. The Bertz CT molecular complexity index is 300. The first-order valence-corrected chi connectivity index (χ1v) is 7.15. The van der Waals surface area contributed by atoms with E-state index in [0.29, 0.717) is 12.5 Å². The Morgan fingerprint density at radius 1 is 1.44 bits per heavy atom. The Kier molecular flexibility index (Phi) is 4.28. The minimum atomic E-state index is -0.184. The lowest BCUT2D eigenvalue weighted by molar-refractivity contribution is -0.131. The standard InChI is InChI=1S/C14H26N2O2/c1-10-4-5-11(15)8-12(10)13(17)16-14(2)6-3-7-18-9-14/h10-12H,3-9,15H2,1-2H3,(H,16,17). The average Bonchev–Trinajstić information content (AvgIpc) is 2.32. The summed E-state index contributed by atoms with van der Waals surface area (Å²) in [6, 6.07) is 0.187. The molecule has 0 bridgehead atoms. The fourth-order valence-corrected chi connectivity index (χ4v) is 3.14. The van der Waals surface area contributed by atoms with Gasteiger partial charge in [-0.25, -0.2) is 0 Å². The molecule has 1 aliphatic heterocycles. The van der Waals surface area contributed by atoms with E-state index in [9.17, 15) is 4.79 Å². The highest BCUT2D eigenvalue weighted by molar-refractivity contribution is 5.80. The third kappa shape index (κ3) is 3.23. The molecule has 1 heterocycles. The van der Waals surface area contributed by atoms with E-state index in [-0.39, 0.29) is 23.4 Å². The quantitative estimate of drug-likeness (QED) is 0.783. The molecular weight excluding hydrogens is 228 g/mol. The molecule has 1 saturated heterocycles. The second kappa shape index (κ2) is 5.57. The minimum absolute atomic E-state index is 0.0764. The van der Waals surface area contributed by atoms with Gasteiger partial charge in [-0.05, 0) is 44.9 Å². The van der Waals surface area contributed by atoms with Crippen molar-refractivity contribution < 1.29 is 9.53 Å².